The molecule has 5 nitrogen and oxygen atoms in total. The molecule has 106 valence electrons. The van der Waals surface area contributed by atoms with Gasteiger partial charge in [-0.15, -0.1) is 0 Å². The van der Waals surface area contributed by atoms with Crippen LogP contribution in [0.3, 0.4) is 0 Å². The van der Waals surface area contributed by atoms with Crippen LogP contribution in [-0.2, 0) is 11.3 Å². The van der Waals surface area contributed by atoms with Gasteiger partial charge >= 0.3 is 0 Å². The van der Waals surface area contributed by atoms with Crippen LogP contribution in [0.25, 0.3) is 0 Å². The molecule has 0 aliphatic rings. The highest BCUT2D eigenvalue weighted by molar-refractivity contribution is 5.28. The average Bonchev–Trinajstić information content (AvgIpc) is 2.45. The molecule has 20 heavy (non-hydrogen) atoms. The summed E-state index contributed by atoms with van der Waals surface area (Å²) in [6, 6.07) is 3.59. The second-order valence-corrected chi connectivity index (χ2v) is 3.83. The van der Waals surface area contributed by atoms with Crippen molar-refractivity contribution in [2.24, 2.45) is 5.73 Å². The van der Waals surface area contributed by atoms with E-state index in [1.807, 2.05) is 0 Å². The highest BCUT2D eigenvalue weighted by Gasteiger charge is 2.01. The van der Waals surface area contributed by atoms with Gasteiger partial charge in [-0.1, -0.05) is 19.2 Å². The van der Waals surface area contributed by atoms with Gasteiger partial charge in [0.05, 0.1) is 24.7 Å². The van der Waals surface area contributed by atoms with Crippen molar-refractivity contribution in [1.29, 1.82) is 0 Å². The average molecular weight is 274 g/mol. The molecule has 0 unspecified atom stereocenters. The molecule has 0 amide bonds. The maximum atomic E-state index is 9.16. The van der Waals surface area contributed by atoms with Gasteiger partial charge in [-0.05, 0) is 18.2 Å². The second kappa shape index (κ2) is 7.68. The maximum Gasteiger partial charge on any atom is 0.137 e. The number of pyridine rings is 1. The molecule has 0 aliphatic carbocycles. The van der Waals surface area contributed by atoms with Crippen molar-refractivity contribution in [3.05, 3.63) is 72.6 Å². The summed E-state index contributed by atoms with van der Waals surface area (Å²) in [5.74, 6) is 0.910. The number of allylic oxidation sites excluding steroid dienone is 3. The third kappa shape index (κ3) is 4.89. The van der Waals surface area contributed by atoms with Gasteiger partial charge < -0.3 is 20.3 Å². The Labute approximate surface area is 118 Å². The molecule has 1 heterocycles. The molecule has 0 atom stereocenters. The molecule has 1 aromatic heterocycles. The number of nitrogens with two attached hydrogens (primary N) is 1. The molecule has 0 aliphatic heterocycles. The summed E-state index contributed by atoms with van der Waals surface area (Å²) in [4.78, 5) is 4.17. The highest BCUT2D eigenvalue weighted by Crippen LogP contribution is 2.12. The summed E-state index contributed by atoms with van der Waals surface area (Å²) in [6.07, 6.45) is 6.25. The summed E-state index contributed by atoms with van der Waals surface area (Å²) in [6.45, 7) is 7.18. The first kappa shape index (κ1) is 15.4. The first-order valence-electron chi connectivity index (χ1n) is 5.86. The number of aromatic nitrogens is 1. The van der Waals surface area contributed by atoms with E-state index < -0.39 is 0 Å². The van der Waals surface area contributed by atoms with Crippen LogP contribution < -0.4 is 10.5 Å². The number of ether oxygens (including phenoxy) is 2. The molecule has 0 spiro atoms. The number of rotatable bonds is 7. The van der Waals surface area contributed by atoms with Gasteiger partial charge in [-0.3, -0.25) is 4.98 Å². The smallest absolute Gasteiger partial charge is 0.137 e. The van der Waals surface area contributed by atoms with Gasteiger partial charge in [0.1, 0.15) is 23.9 Å². The SMILES string of the molecule is C=C/C=C(\C=C(\N)C(=C)O)OCc1ccc(OC)cn1. The maximum absolute atomic E-state index is 9.16. The molecular weight excluding hydrogens is 256 g/mol. The number of aliphatic hydroxyl groups is 1. The first-order valence-corrected chi connectivity index (χ1v) is 5.86. The molecular formula is C15H18N2O3. The molecule has 0 saturated heterocycles. The van der Waals surface area contributed by atoms with E-state index >= 15 is 0 Å². The third-order valence-electron chi connectivity index (χ3n) is 2.33. The standard InChI is InChI=1S/C15H18N2O3/c1-4-5-13(8-15(16)11(2)18)20-10-12-6-7-14(19-3)9-17-12/h4-9,18H,1-2,10,16H2,3H3/b13-5+,15-8+. The van der Waals surface area contributed by atoms with Crippen LogP contribution in [0.4, 0.5) is 0 Å². The second-order valence-electron chi connectivity index (χ2n) is 3.83. The van der Waals surface area contributed by atoms with Gasteiger partial charge in [0.25, 0.3) is 0 Å². The Morgan fingerprint density at radius 2 is 2.25 bits per heavy atom. The lowest BCUT2D eigenvalue weighted by molar-refractivity contribution is 0.207. The van der Waals surface area contributed by atoms with Crippen molar-refractivity contribution < 1.29 is 14.6 Å². The lowest BCUT2D eigenvalue weighted by Crippen LogP contribution is -2.02. The quantitative estimate of drug-likeness (QED) is 0.590. The van der Waals surface area contributed by atoms with Crippen LogP contribution in [0, 0.1) is 0 Å². The van der Waals surface area contributed by atoms with E-state index in [2.05, 4.69) is 18.1 Å². The fourth-order valence-corrected chi connectivity index (χ4v) is 1.26. The van der Waals surface area contributed by atoms with Crippen molar-refractivity contribution in [2.45, 2.75) is 6.61 Å². The third-order valence-corrected chi connectivity index (χ3v) is 2.33. The molecule has 1 rings (SSSR count). The van der Waals surface area contributed by atoms with Crippen molar-refractivity contribution in [1.82, 2.24) is 4.98 Å². The predicted molar refractivity (Wildman–Crippen MR) is 77.9 cm³/mol. The minimum absolute atomic E-state index is 0.126. The summed E-state index contributed by atoms with van der Waals surface area (Å²) in [5.41, 5.74) is 6.44. The normalized spacial score (nSPS) is 11.8. The number of hydrogen-bond donors (Lipinski definition) is 2. The van der Waals surface area contributed by atoms with Gasteiger partial charge in [0.15, 0.2) is 0 Å². The largest absolute Gasteiger partial charge is 0.506 e. The predicted octanol–water partition coefficient (Wildman–Crippen LogP) is 2.59. The zero-order chi connectivity index (χ0) is 15.0. The minimum Gasteiger partial charge on any atom is -0.506 e. The number of aliphatic hydroxyl groups excluding tert-OH is 1. The van der Waals surface area contributed by atoms with Crippen molar-refractivity contribution >= 4 is 0 Å². The molecule has 0 radical (unpaired) electrons. The van der Waals surface area contributed by atoms with Crippen molar-refractivity contribution in [3.8, 4) is 5.75 Å². The van der Waals surface area contributed by atoms with E-state index in [4.69, 9.17) is 20.3 Å². The Hall–Kier alpha value is -2.69. The Morgan fingerprint density at radius 3 is 2.75 bits per heavy atom. The molecule has 0 aromatic carbocycles. The number of methoxy groups -OCH3 is 1. The van der Waals surface area contributed by atoms with E-state index in [1.54, 1.807) is 37.6 Å². The summed E-state index contributed by atoms with van der Waals surface area (Å²) >= 11 is 0. The lowest BCUT2D eigenvalue weighted by atomic mass is 10.3. The van der Waals surface area contributed by atoms with Crippen LogP contribution >= 0.6 is 0 Å². The van der Waals surface area contributed by atoms with Crippen LogP contribution in [0.15, 0.2) is 66.9 Å². The van der Waals surface area contributed by atoms with Crippen molar-refractivity contribution in [2.75, 3.05) is 7.11 Å². The van der Waals surface area contributed by atoms with Crippen LogP contribution in [0.2, 0.25) is 0 Å². The van der Waals surface area contributed by atoms with E-state index in [9.17, 15) is 0 Å². The molecule has 0 fully saturated rings. The summed E-state index contributed by atoms with van der Waals surface area (Å²) in [7, 11) is 1.58. The van der Waals surface area contributed by atoms with Crippen LogP contribution in [-0.4, -0.2) is 17.2 Å². The first-order chi connectivity index (χ1) is 9.56. The lowest BCUT2D eigenvalue weighted by Gasteiger charge is -2.08. The molecule has 5 heteroatoms. The Balaban J connectivity index is 2.72. The van der Waals surface area contributed by atoms with Gasteiger partial charge in [0.2, 0.25) is 0 Å². The Kier molecular flexibility index (Phi) is 5.90. The molecule has 0 saturated carbocycles. The van der Waals surface area contributed by atoms with E-state index in [1.165, 1.54) is 6.08 Å². The van der Waals surface area contributed by atoms with E-state index in [0.29, 0.717) is 11.5 Å². The Morgan fingerprint density at radius 1 is 1.50 bits per heavy atom. The van der Waals surface area contributed by atoms with Crippen LogP contribution in [0.1, 0.15) is 5.69 Å². The van der Waals surface area contributed by atoms with Gasteiger partial charge in [-0.2, -0.15) is 0 Å². The molecule has 3 N–H and O–H groups in total. The number of hydrogen-bond acceptors (Lipinski definition) is 5. The Bertz CT molecular complexity index is 531. The summed E-state index contributed by atoms with van der Waals surface area (Å²) < 4.78 is 10.6. The highest BCUT2D eigenvalue weighted by atomic mass is 16.5. The van der Waals surface area contributed by atoms with E-state index in [-0.39, 0.29) is 18.1 Å². The van der Waals surface area contributed by atoms with Crippen LogP contribution in [0.5, 0.6) is 5.75 Å². The summed E-state index contributed by atoms with van der Waals surface area (Å²) in [5, 5.41) is 9.16. The van der Waals surface area contributed by atoms with Gasteiger partial charge in [-0.25, -0.2) is 0 Å². The monoisotopic (exact) mass is 274 g/mol. The fourth-order valence-electron chi connectivity index (χ4n) is 1.26. The molecule has 1 aromatic rings. The topological polar surface area (TPSA) is 77.6 Å². The van der Waals surface area contributed by atoms with Crippen molar-refractivity contribution in [3.63, 3.8) is 0 Å². The number of nitrogens with zero attached hydrogens (tertiary/aromatic N) is 1. The molecule has 0 bridgehead atoms. The zero-order valence-electron chi connectivity index (χ0n) is 11.4. The minimum atomic E-state index is -0.217. The van der Waals surface area contributed by atoms with E-state index in [0.717, 1.165) is 5.69 Å². The van der Waals surface area contributed by atoms with Gasteiger partial charge in [0, 0.05) is 6.08 Å². The fraction of sp³-hybridized carbons (Fsp3) is 0.133. The zero-order valence-corrected chi connectivity index (χ0v) is 11.4.